The number of nitrogens with zero attached hydrogens (tertiary/aromatic N) is 1. The number of hydrogen-bond donors (Lipinski definition) is 1. The van der Waals surface area contributed by atoms with E-state index in [-0.39, 0.29) is 0 Å². The molecule has 1 N–H and O–H groups in total. The van der Waals surface area contributed by atoms with Crippen molar-refractivity contribution in [2.24, 2.45) is 17.8 Å². The average molecular weight is 278 g/mol. The summed E-state index contributed by atoms with van der Waals surface area (Å²) in [6.45, 7) is 9.44. The van der Waals surface area contributed by atoms with E-state index in [0.717, 1.165) is 37.5 Å². The van der Waals surface area contributed by atoms with Gasteiger partial charge < -0.3 is 4.74 Å². The summed E-state index contributed by atoms with van der Waals surface area (Å²) in [5.74, 6) is 2.03. The summed E-state index contributed by atoms with van der Waals surface area (Å²) in [6.07, 6.45) is 6.23. The quantitative estimate of drug-likeness (QED) is 0.809. The summed E-state index contributed by atoms with van der Waals surface area (Å²) in [6, 6.07) is 2.86. The first-order valence-corrected chi connectivity index (χ1v) is 8.27. The molecule has 2 rings (SSSR count). The zero-order valence-corrected chi connectivity index (χ0v) is 13.5. The van der Waals surface area contributed by atoms with Crippen LogP contribution in [-0.4, -0.2) is 24.3 Å². The van der Waals surface area contributed by atoms with Crippen LogP contribution in [0.1, 0.15) is 59.8 Å². The zero-order valence-electron chi connectivity index (χ0n) is 13.5. The monoisotopic (exact) mass is 278 g/mol. The molecule has 0 bridgehead atoms. The van der Waals surface area contributed by atoms with Gasteiger partial charge in [-0.3, -0.25) is 5.32 Å². The lowest BCUT2D eigenvalue weighted by Gasteiger charge is -2.36. The number of nitriles is 1. The molecule has 2 aliphatic carbocycles. The van der Waals surface area contributed by atoms with Gasteiger partial charge >= 0.3 is 0 Å². The maximum absolute atomic E-state index is 9.67. The van der Waals surface area contributed by atoms with Crippen LogP contribution in [0.4, 0.5) is 0 Å². The van der Waals surface area contributed by atoms with E-state index in [2.05, 4.69) is 39.1 Å². The molecule has 0 aromatic rings. The molecule has 0 aliphatic heterocycles. The van der Waals surface area contributed by atoms with Crippen molar-refractivity contribution in [1.82, 2.24) is 5.32 Å². The van der Waals surface area contributed by atoms with Gasteiger partial charge in [0.05, 0.1) is 18.8 Å². The minimum Gasteiger partial charge on any atom is -0.375 e. The van der Waals surface area contributed by atoms with E-state index in [1.165, 1.54) is 6.42 Å². The van der Waals surface area contributed by atoms with E-state index in [9.17, 15) is 5.26 Å². The fraction of sp³-hybridized carbons (Fsp3) is 0.941. The van der Waals surface area contributed by atoms with Crippen molar-refractivity contribution in [2.75, 3.05) is 6.61 Å². The summed E-state index contributed by atoms with van der Waals surface area (Å²) in [4.78, 5) is 0. The second-order valence-electron chi connectivity index (χ2n) is 7.36. The fourth-order valence-corrected chi connectivity index (χ4v) is 3.42. The lowest BCUT2D eigenvalue weighted by atomic mass is 9.80. The van der Waals surface area contributed by atoms with Gasteiger partial charge in [-0.05, 0) is 63.7 Å². The molecule has 0 aromatic heterocycles. The highest BCUT2D eigenvalue weighted by molar-refractivity contribution is 5.16. The van der Waals surface area contributed by atoms with Crippen LogP contribution < -0.4 is 5.32 Å². The Balaban J connectivity index is 1.90. The summed E-state index contributed by atoms with van der Waals surface area (Å²) in [7, 11) is 0. The molecule has 2 fully saturated rings. The fourth-order valence-electron chi connectivity index (χ4n) is 3.42. The average Bonchev–Trinajstić information content (AvgIpc) is 3.23. The van der Waals surface area contributed by atoms with Gasteiger partial charge in [-0.2, -0.15) is 5.26 Å². The Labute approximate surface area is 124 Å². The van der Waals surface area contributed by atoms with Crippen molar-refractivity contribution < 1.29 is 4.74 Å². The van der Waals surface area contributed by atoms with Gasteiger partial charge in [0.2, 0.25) is 0 Å². The maximum atomic E-state index is 9.67. The lowest BCUT2D eigenvalue weighted by Crippen LogP contribution is -2.53. The first-order valence-electron chi connectivity index (χ1n) is 8.27. The van der Waals surface area contributed by atoms with Gasteiger partial charge in [-0.25, -0.2) is 0 Å². The predicted octanol–water partition coefficient (Wildman–Crippen LogP) is 3.50. The van der Waals surface area contributed by atoms with Gasteiger partial charge in [0.15, 0.2) is 0 Å². The van der Waals surface area contributed by atoms with Crippen molar-refractivity contribution >= 4 is 0 Å². The zero-order chi connectivity index (χ0) is 14.8. The molecular formula is C17H30N2O. The highest BCUT2D eigenvalue weighted by Crippen LogP contribution is 2.41. The van der Waals surface area contributed by atoms with Crippen molar-refractivity contribution in [2.45, 2.75) is 77.5 Å². The molecule has 3 heteroatoms. The Morgan fingerprint density at radius 1 is 1.20 bits per heavy atom. The van der Waals surface area contributed by atoms with Gasteiger partial charge in [0.25, 0.3) is 0 Å². The summed E-state index contributed by atoms with van der Waals surface area (Å²) < 4.78 is 6.18. The van der Waals surface area contributed by atoms with Crippen LogP contribution in [0.5, 0.6) is 0 Å². The second-order valence-corrected chi connectivity index (χ2v) is 7.36. The molecule has 0 heterocycles. The predicted molar refractivity (Wildman–Crippen MR) is 81.3 cm³/mol. The van der Waals surface area contributed by atoms with E-state index < -0.39 is 5.54 Å². The molecule has 4 atom stereocenters. The van der Waals surface area contributed by atoms with E-state index in [1.54, 1.807) is 0 Å². The Morgan fingerprint density at radius 2 is 1.90 bits per heavy atom. The highest BCUT2D eigenvalue weighted by Gasteiger charge is 2.46. The van der Waals surface area contributed by atoms with Crippen molar-refractivity contribution in [3.05, 3.63) is 0 Å². The number of nitrogens with one attached hydrogen (secondary N) is 1. The van der Waals surface area contributed by atoms with Crippen LogP contribution >= 0.6 is 0 Å². The Bertz CT molecular complexity index is 358. The molecule has 0 aromatic carbocycles. The smallest absolute Gasteiger partial charge is 0.133 e. The van der Waals surface area contributed by atoms with Crippen molar-refractivity contribution in [3.63, 3.8) is 0 Å². The van der Waals surface area contributed by atoms with Gasteiger partial charge in [-0.1, -0.05) is 13.8 Å². The summed E-state index contributed by atoms with van der Waals surface area (Å²) in [5.41, 5.74) is -0.458. The second kappa shape index (κ2) is 6.45. The molecular weight excluding hydrogens is 248 g/mol. The molecule has 0 radical (unpaired) electrons. The van der Waals surface area contributed by atoms with Crippen LogP contribution in [0.2, 0.25) is 0 Å². The molecule has 3 nitrogen and oxygen atoms in total. The SMILES string of the molecule is CC(C)NC(C#N)(COC1CCC(C)C(C)C1)C1CC1. The molecule has 2 aliphatic rings. The van der Waals surface area contributed by atoms with E-state index in [4.69, 9.17) is 4.74 Å². The third-order valence-corrected chi connectivity index (χ3v) is 5.12. The topological polar surface area (TPSA) is 45.0 Å². The van der Waals surface area contributed by atoms with Crippen molar-refractivity contribution in [1.29, 1.82) is 5.26 Å². The molecule has 114 valence electrons. The summed E-state index contributed by atoms with van der Waals surface area (Å²) >= 11 is 0. The Hall–Kier alpha value is -0.590. The van der Waals surface area contributed by atoms with Crippen LogP contribution in [0.15, 0.2) is 0 Å². The maximum Gasteiger partial charge on any atom is 0.133 e. The van der Waals surface area contributed by atoms with Crippen LogP contribution in [0, 0.1) is 29.1 Å². The Morgan fingerprint density at radius 3 is 2.40 bits per heavy atom. The third kappa shape index (κ3) is 3.74. The first-order chi connectivity index (χ1) is 9.47. The standard InChI is InChI=1S/C17H30N2O/c1-12(2)19-17(10-18,15-6-7-15)11-20-16-8-5-13(3)14(4)9-16/h12-16,19H,5-9,11H2,1-4H3. The normalized spacial score (nSPS) is 33.7. The lowest BCUT2D eigenvalue weighted by molar-refractivity contribution is -0.0226. The summed E-state index contributed by atoms with van der Waals surface area (Å²) in [5, 5.41) is 13.1. The molecule has 2 saturated carbocycles. The third-order valence-electron chi connectivity index (χ3n) is 5.12. The van der Waals surface area contributed by atoms with Crippen LogP contribution in [-0.2, 0) is 4.74 Å². The molecule has 0 saturated heterocycles. The Kier molecular flexibility index (Phi) is 5.09. The molecule has 20 heavy (non-hydrogen) atoms. The number of hydrogen-bond acceptors (Lipinski definition) is 3. The first kappa shape index (κ1) is 15.8. The van der Waals surface area contributed by atoms with E-state index in [0.29, 0.717) is 24.7 Å². The number of ether oxygens (including phenoxy) is 1. The van der Waals surface area contributed by atoms with Crippen LogP contribution in [0.25, 0.3) is 0 Å². The van der Waals surface area contributed by atoms with Gasteiger partial charge in [0, 0.05) is 6.04 Å². The molecule has 4 unspecified atom stereocenters. The van der Waals surface area contributed by atoms with Crippen molar-refractivity contribution in [3.8, 4) is 6.07 Å². The largest absolute Gasteiger partial charge is 0.375 e. The van der Waals surface area contributed by atoms with Crippen LogP contribution in [0.3, 0.4) is 0 Å². The van der Waals surface area contributed by atoms with E-state index >= 15 is 0 Å². The van der Waals surface area contributed by atoms with Gasteiger partial charge in [-0.15, -0.1) is 0 Å². The number of rotatable bonds is 6. The molecule has 0 amide bonds. The minimum atomic E-state index is -0.458. The minimum absolute atomic E-state index is 0.323. The molecule has 0 spiro atoms. The highest BCUT2D eigenvalue weighted by atomic mass is 16.5. The van der Waals surface area contributed by atoms with E-state index in [1.807, 2.05) is 0 Å². The van der Waals surface area contributed by atoms with Gasteiger partial charge in [0.1, 0.15) is 5.54 Å².